The summed E-state index contributed by atoms with van der Waals surface area (Å²) in [6, 6.07) is 14.7. The van der Waals surface area contributed by atoms with E-state index in [1.807, 2.05) is 0 Å². The van der Waals surface area contributed by atoms with E-state index in [1.165, 1.54) is 22.5 Å². The molecule has 2 aromatic carbocycles. The molecule has 1 saturated heterocycles. The summed E-state index contributed by atoms with van der Waals surface area (Å²) in [4.78, 5) is 12.7. The van der Waals surface area contributed by atoms with Crippen molar-refractivity contribution in [2.75, 3.05) is 18.4 Å². The van der Waals surface area contributed by atoms with E-state index >= 15 is 0 Å². The SMILES string of the molecule is CC1CCN(S(=O)(=O)c2ccc(NC(=O)c3cc(-c4ccc(Cl)cc4)on3)cc2)CC1. The van der Waals surface area contributed by atoms with Gasteiger partial charge in [-0.2, -0.15) is 4.31 Å². The van der Waals surface area contributed by atoms with Crippen LogP contribution in [0.15, 0.2) is 64.0 Å². The molecule has 0 unspecified atom stereocenters. The van der Waals surface area contributed by atoms with Crippen LogP contribution in [0.2, 0.25) is 5.02 Å². The van der Waals surface area contributed by atoms with Gasteiger partial charge in [-0.3, -0.25) is 4.79 Å². The molecule has 7 nitrogen and oxygen atoms in total. The highest BCUT2D eigenvalue weighted by atomic mass is 35.5. The zero-order valence-electron chi connectivity index (χ0n) is 16.9. The lowest BCUT2D eigenvalue weighted by molar-refractivity contribution is 0.101. The molecule has 162 valence electrons. The van der Waals surface area contributed by atoms with Crippen LogP contribution in [-0.4, -0.2) is 36.9 Å². The first-order chi connectivity index (χ1) is 14.8. The van der Waals surface area contributed by atoms with E-state index in [0.717, 1.165) is 18.4 Å². The molecule has 9 heteroatoms. The van der Waals surface area contributed by atoms with Gasteiger partial charge in [0, 0.05) is 35.4 Å². The van der Waals surface area contributed by atoms with Gasteiger partial charge >= 0.3 is 0 Å². The third-order valence-electron chi connectivity index (χ3n) is 5.36. The first-order valence-electron chi connectivity index (χ1n) is 9.97. The Morgan fingerprint density at radius 1 is 1.10 bits per heavy atom. The van der Waals surface area contributed by atoms with Crippen molar-refractivity contribution in [3.63, 3.8) is 0 Å². The van der Waals surface area contributed by atoms with Gasteiger partial charge in [-0.25, -0.2) is 8.42 Å². The number of benzene rings is 2. The molecule has 0 atom stereocenters. The molecule has 1 N–H and O–H groups in total. The second kappa shape index (κ2) is 8.82. The number of rotatable bonds is 5. The van der Waals surface area contributed by atoms with E-state index in [1.54, 1.807) is 36.4 Å². The van der Waals surface area contributed by atoms with Crippen molar-refractivity contribution in [1.82, 2.24) is 9.46 Å². The first-order valence-corrected chi connectivity index (χ1v) is 11.8. The van der Waals surface area contributed by atoms with Crippen molar-refractivity contribution in [1.29, 1.82) is 0 Å². The van der Waals surface area contributed by atoms with Crippen LogP contribution in [0, 0.1) is 5.92 Å². The minimum atomic E-state index is -3.53. The molecular formula is C22H22ClN3O4S. The van der Waals surface area contributed by atoms with Gasteiger partial charge in [0.15, 0.2) is 11.5 Å². The van der Waals surface area contributed by atoms with Crippen LogP contribution in [-0.2, 0) is 10.0 Å². The van der Waals surface area contributed by atoms with Crippen molar-refractivity contribution in [2.45, 2.75) is 24.7 Å². The average molecular weight is 460 g/mol. The van der Waals surface area contributed by atoms with Gasteiger partial charge in [-0.1, -0.05) is 23.7 Å². The van der Waals surface area contributed by atoms with E-state index < -0.39 is 15.9 Å². The van der Waals surface area contributed by atoms with E-state index in [0.29, 0.717) is 35.5 Å². The molecule has 1 amide bonds. The van der Waals surface area contributed by atoms with Gasteiger partial charge in [0.2, 0.25) is 10.0 Å². The number of sulfonamides is 1. The lowest BCUT2D eigenvalue weighted by atomic mass is 10.0. The molecule has 31 heavy (non-hydrogen) atoms. The number of carbonyl (C=O) groups excluding carboxylic acids is 1. The van der Waals surface area contributed by atoms with Crippen LogP contribution >= 0.6 is 11.6 Å². The summed E-state index contributed by atoms with van der Waals surface area (Å²) in [6.07, 6.45) is 1.73. The predicted molar refractivity (Wildman–Crippen MR) is 119 cm³/mol. The van der Waals surface area contributed by atoms with Gasteiger partial charge < -0.3 is 9.84 Å². The maximum atomic E-state index is 12.8. The Hall–Kier alpha value is -2.68. The van der Waals surface area contributed by atoms with E-state index in [4.69, 9.17) is 16.1 Å². The Kier molecular flexibility index (Phi) is 6.13. The van der Waals surface area contributed by atoms with Crippen LogP contribution in [0.25, 0.3) is 11.3 Å². The fourth-order valence-corrected chi connectivity index (χ4v) is 5.01. The van der Waals surface area contributed by atoms with Gasteiger partial charge in [-0.15, -0.1) is 0 Å². The molecule has 0 bridgehead atoms. The van der Waals surface area contributed by atoms with Crippen molar-refractivity contribution in [3.8, 4) is 11.3 Å². The molecular weight excluding hydrogens is 438 g/mol. The lowest BCUT2D eigenvalue weighted by Gasteiger charge is -2.29. The Balaban J connectivity index is 1.43. The first kappa shape index (κ1) is 21.5. The highest BCUT2D eigenvalue weighted by Crippen LogP contribution is 2.25. The van der Waals surface area contributed by atoms with Gasteiger partial charge in [0.1, 0.15) is 0 Å². The van der Waals surface area contributed by atoms with Gasteiger partial charge in [-0.05, 0) is 67.3 Å². The summed E-state index contributed by atoms with van der Waals surface area (Å²) < 4.78 is 32.4. The molecule has 1 fully saturated rings. The monoisotopic (exact) mass is 459 g/mol. The van der Waals surface area contributed by atoms with Crippen molar-refractivity contribution in [2.24, 2.45) is 5.92 Å². The van der Waals surface area contributed by atoms with Crippen LogP contribution in [0.1, 0.15) is 30.3 Å². The number of hydrogen-bond acceptors (Lipinski definition) is 5. The van der Waals surface area contributed by atoms with E-state index in [2.05, 4.69) is 17.4 Å². The number of aromatic nitrogens is 1. The normalized spacial score (nSPS) is 15.7. The smallest absolute Gasteiger partial charge is 0.277 e. The summed E-state index contributed by atoms with van der Waals surface area (Å²) in [6.45, 7) is 3.20. The number of anilines is 1. The predicted octanol–water partition coefficient (Wildman–Crippen LogP) is 4.67. The fourth-order valence-electron chi connectivity index (χ4n) is 3.41. The van der Waals surface area contributed by atoms with Crippen LogP contribution < -0.4 is 5.32 Å². The highest BCUT2D eigenvalue weighted by Gasteiger charge is 2.28. The van der Waals surface area contributed by atoms with Crippen molar-refractivity contribution >= 4 is 33.2 Å². The number of halogens is 1. The minimum Gasteiger partial charge on any atom is -0.355 e. The van der Waals surface area contributed by atoms with Gasteiger partial charge in [0.05, 0.1) is 4.90 Å². The molecule has 3 aromatic rings. The van der Waals surface area contributed by atoms with Crippen LogP contribution in [0.3, 0.4) is 0 Å². The standard InChI is InChI=1S/C22H22ClN3O4S/c1-15-10-12-26(13-11-15)31(28,29)19-8-6-18(7-9-19)24-22(27)20-14-21(30-25-20)16-2-4-17(23)5-3-16/h2-9,14-15H,10-13H2,1H3,(H,24,27). The summed E-state index contributed by atoms with van der Waals surface area (Å²) in [5, 5.41) is 7.12. The third-order valence-corrected chi connectivity index (χ3v) is 7.53. The zero-order chi connectivity index (χ0) is 22.0. The molecule has 0 radical (unpaired) electrons. The molecule has 4 rings (SSSR count). The van der Waals surface area contributed by atoms with Crippen LogP contribution in [0.4, 0.5) is 5.69 Å². The maximum absolute atomic E-state index is 12.8. The van der Waals surface area contributed by atoms with Crippen molar-refractivity contribution < 1.29 is 17.7 Å². The quantitative estimate of drug-likeness (QED) is 0.598. The molecule has 2 heterocycles. The molecule has 1 aliphatic rings. The number of carbonyl (C=O) groups is 1. The maximum Gasteiger partial charge on any atom is 0.277 e. The molecule has 0 saturated carbocycles. The Bertz CT molecular complexity index is 1170. The van der Waals surface area contributed by atoms with Crippen LogP contribution in [0.5, 0.6) is 0 Å². The summed E-state index contributed by atoms with van der Waals surface area (Å²) in [5.74, 6) is 0.532. The summed E-state index contributed by atoms with van der Waals surface area (Å²) in [5.41, 5.74) is 1.33. The number of hydrogen-bond donors (Lipinski definition) is 1. The summed E-state index contributed by atoms with van der Waals surface area (Å²) >= 11 is 5.88. The zero-order valence-corrected chi connectivity index (χ0v) is 18.5. The number of nitrogens with zero attached hydrogens (tertiary/aromatic N) is 2. The topological polar surface area (TPSA) is 92.5 Å². The third kappa shape index (κ3) is 4.81. The minimum absolute atomic E-state index is 0.115. The van der Waals surface area contributed by atoms with E-state index in [9.17, 15) is 13.2 Å². The molecule has 0 aliphatic carbocycles. The number of amides is 1. The average Bonchev–Trinajstić information content (AvgIpc) is 3.25. The highest BCUT2D eigenvalue weighted by molar-refractivity contribution is 7.89. The molecule has 0 spiro atoms. The number of piperidine rings is 1. The second-order valence-electron chi connectivity index (χ2n) is 7.65. The number of nitrogens with one attached hydrogen (secondary N) is 1. The fraction of sp³-hybridized carbons (Fsp3) is 0.273. The van der Waals surface area contributed by atoms with Crippen molar-refractivity contribution in [3.05, 3.63) is 65.3 Å². The lowest BCUT2D eigenvalue weighted by Crippen LogP contribution is -2.37. The largest absolute Gasteiger partial charge is 0.355 e. The Labute approximate surface area is 186 Å². The summed E-state index contributed by atoms with van der Waals surface area (Å²) in [7, 11) is -3.53. The second-order valence-corrected chi connectivity index (χ2v) is 10.0. The Morgan fingerprint density at radius 3 is 2.39 bits per heavy atom. The Morgan fingerprint density at radius 2 is 1.74 bits per heavy atom. The molecule has 1 aromatic heterocycles. The molecule has 1 aliphatic heterocycles. The van der Waals surface area contributed by atoms with Gasteiger partial charge in [0.25, 0.3) is 5.91 Å². The van der Waals surface area contributed by atoms with E-state index in [-0.39, 0.29) is 10.6 Å².